The summed E-state index contributed by atoms with van der Waals surface area (Å²) in [5.41, 5.74) is 0.0375. The minimum Gasteiger partial charge on any atom is -0.458 e. The molecule has 2 aliphatic rings. The number of carbonyl (C=O) groups excluding carboxylic acids is 1. The van der Waals surface area contributed by atoms with Gasteiger partial charge in [-0.15, -0.1) is 0 Å². The van der Waals surface area contributed by atoms with Gasteiger partial charge in [0.25, 0.3) is 0 Å². The quantitative estimate of drug-likeness (QED) is 0.605. The summed E-state index contributed by atoms with van der Waals surface area (Å²) < 4.78 is 12.4. The highest BCUT2D eigenvalue weighted by molar-refractivity contribution is 9.10. The van der Waals surface area contributed by atoms with Crippen molar-refractivity contribution in [2.45, 2.75) is 69.6 Å². The zero-order chi connectivity index (χ0) is 18.1. The lowest BCUT2D eigenvalue weighted by Gasteiger charge is -2.32. The largest absolute Gasteiger partial charge is 0.458 e. The monoisotopic (exact) mass is 410 g/mol. The van der Waals surface area contributed by atoms with Crippen molar-refractivity contribution < 1.29 is 14.3 Å². The standard InChI is InChI=1S/C19H27BrN2O3/c1-17(2,3)25-15(23)11-24-19(14-7-6-10-21-16(14)20)12-18(22-13-19)8-4-5-9-18/h6-7,10,22H,4-5,8-9,11-13H2,1-3H3. The van der Waals surface area contributed by atoms with E-state index in [9.17, 15) is 4.79 Å². The molecule has 6 heteroatoms. The van der Waals surface area contributed by atoms with Crippen molar-refractivity contribution >= 4 is 21.9 Å². The number of rotatable bonds is 4. The molecule has 1 aromatic heterocycles. The van der Waals surface area contributed by atoms with Crippen LogP contribution in [-0.4, -0.2) is 35.2 Å². The highest BCUT2D eigenvalue weighted by atomic mass is 79.9. The van der Waals surface area contributed by atoms with Crippen molar-refractivity contribution in [3.63, 3.8) is 0 Å². The van der Waals surface area contributed by atoms with E-state index in [0.29, 0.717) is 6.54 Å². The molecule has 1 aliphatic heterocycles. The smallest absolute Gasteiger partial charge is 0.332 e. The minimum atomic E-state index is -0.561. The average molecular weight is 411 g/mol. The van der Waals surface area contributed by atoms with E-state index in [1.807, 2.05) is 32.9 Å². The molecule has 1 saturated carbocycles. The molecule has 2 fully saturated rings. The molecule has 5 nitrogen and oxygen atoms in total. The van der Waals surface area contributed by atoms with Gasteiger partial charge in [-0.2, -0.15) is 0 Å². The predicted octanol–water partition coefficient (Wildman–Crippen LogP) is 3.70. The van der Waals surface area contributed by atoms with Gasteiger partial charge < -0.3 is 14.8 Å². The van der Waals surface area contributed by atoms with E-state index in [1.54, 1.807) is 6.20 Å². The van der Waals surface area contributed by atoms with Crippen LogP contribution in [0.4, 0.5) is 0 Å². The Morgan fingerprint density at radius 3 is 2.72 bits per heavy atom. The maximum absolute atomic E-state index is 12.2. The topological polar surface area (TPSA) is 60.5 Å². The molecule has 138 valence electrons. The number of ether oxygens (including phenoxy) is 2. The number of carbonyl (C=O) groups is 1. The third kappa shape index (κ3) is 4.23. The van der Waals surface area contributed by atoms with Gasteiger partial charge in [0.05, 0.1) is 0 Å². The van der Waals surface area contributed by atoms with E-state index in [-0.39, 0.29) is 18.1 Å². The Bertz CT molecular complexity index is 638. The summed E-state index contributed by atoms with van der Waals surface area (Å²) >= 11 is 3.56. The fourth-order valence-electron chi connectivity index (χ4n) is 4.07. The van der Waals surface area contributed by atoms with Crippen molar-refractivity contribution in [1.29, 1.82) is 0 Å². The maximum atomic E-state index is 12.2. The summed E-state index contributed by atoms with van der Waals surface area (Å²) in [6, 6.07) is 3.94. The molecule has 1 unspecified atom stereocenters. The Kier molecular flexibility index (Phi) is 5.24. The fraction of sp³-hybridized carbons (Fsp3) is 0.684. The predicted molar refractivity (Wildman–Crippen MR) is 99.2 cm³/mol. The van der Waals surface area contributed by atoms with Gasteiger partial charge in [0.2, 0.25) is 0 Å². The van der Waals surface area contributed by atoms with E-state index in [2.05, 4.69) is 26.2 Å². The van der Waals surface area contributed by atoms with Crippen LogP contribution in [0.5, 0.6) is 0 Å². The summed E-state index contributed by atoms with van der Waals surface area (Å²) in [7, 11) is 0. The Labute approximate surface area is 158 Å². The van der Waals surface area contributed by atoms with Crippen LogP contribution in [0.3, 0.4) is 0 Å². The Hall–Kier alpha value is -0.980. The van der Waals surface area contributed by atoms with Gasteiger partial charge in [-0.1, -0.05) is 18.9 Å². The van der Waals surface area contributed by atoms with Crippen molar-refractivity contribution in [3.8, 4) is 0 Å². The summed E-state index contributed by atoms with van der Waals surface area (Å²) in [5.74, 6) is -0.334. The Morgan fingerprint density at radius 1 is 1.36 bits per heavy atom. The average Bonchev–Trinajstić information content (AvgIpc) is 3.13. The van der Waals surface area contributed by atoms with E-state index in [0.717, 1.165) is 29.4 Å². The maximum Gasteiger partial charge on any atom is 0.332 e. The first-order valence-electron chi connectivity index (χ1n) is 8.96. The molecule has 1 spiro atoms. The van der Waals surface area contributed by atoms with Crippen LogP contribution in [0.25, 0.3) is 0 Å². The lowest BCUT2D eigenvalue weighted by Crippen LogP contribution is -2.36. The van der Waals surface area contributed by atoms with Crippen LogP contribution >= 0.6 is 15.9 Å². The highest BCUT2D eigenvalue weighted by Crippen LogP contribution is 2.47. The fourth-order valence-corrected chi connectivity index (χ4v) is 4.68. The third-order valence-corrected chi connectivity index (χ3v) is 5.70. The number of aromatic nitrogens is 1. The first-order chi connectivity index (χ1) is 11.7. The second-order valence-electron chi connectivity index (χ2n) is 8.23. The molecule has 0 aromatic carbocycles. The van der Waals surface area contributed by atoms with Gasteiger partial charge in [-0.3, -0.25) is 0 Å². The Morgan fingerprint density at radius 2 is 2.08 bits per heavy atom. The number of hydrogen-bond donors (Lipinski definition) is 1. The molecule has 1 N–H and O–H groups in total. The SMILES string of the molecule is CC(C)(C)OC(=O)COC1(c2cccnc2Br)CNC2(CCCC2)C1. The van der Waals surface area contributed by atoms with Crippen molar-refractivity contribution in [1.82, 2.24) is 10.3 Å². The van der Waals surface area contributed by atoms with Crippen LogP contribution < -0.4 is 5.32 Å². The number of hydrogen-bond acceptors (Lipinski definition) is 5. The van der Waals surface area contributed by atoms with Gasteiger partial charge in [-0.25, -0.2) is 9.78 Å². The number of nitrogens with one attached hydrogen (secondary N) is 1. The van der Waals surface area contributed by atoms with Gasteiger partial charge in [0.1, 0.15) is 22.4 Å². The van der Waals surface area contributed by atoms with Crippen LogP contribution in [0.15, 0.2) is 22.9 Å². The number of halogens is 1. The lowest BCUT2D eigenvalue weighted by molar-refractivity contribution is -0.167. The first-order valence-corrected chi connectivity index (χ1v) is 9.75. The summed E-state index contributed by atoms with van der Waals surface area (Å²) in [6.45, 7) is 6.21. The van der Waals surface area contributed by atoms with Gasteiger partial charge in [-0.05, 0) is 55.6 Å². The van der Waals surface area contributed by atoms with Crippen molar-refractivity contribution in [2.24, 2.45) is 0 Å². The molecule has 1 aromatic rings. The molecule has 1 atom stereocenters. The first kappa shape index (κ1) is 18.8. The second-order valence-corrected chi connectivity index (χ2v) is 8.98. The third-order valence-electron chi connectivity index (χ3n) is 5.07. The van der Waals surface area contributed by atoms with E-state index >= 15 is 0 Å². The summed E-state index contributed by atoms with van der Waals surface area (Å²) in [6.07, 6.45) is 7.40. The van der Waals surface area contributed by atoms with Crippen molar-refractivity contribution in [2.75, 3.05) is 13.2 Å². The molecular formula is C19H27BrN2O3. The van der Waals surface area contributed by atoms with Crippen LogP contribution in [0.2, 0.25) is 0 Å². The van der Waals surface area contributed by atoms with E-state index in [1.165, 1.54) is 12.8 Å². The molecule has 1 saturated heterocycles. The van der Waals surface area contributed by atoms with Gasteiger partial charge in [0.15, 0.2) is 0 Å². The molecule has 25 heavy (non-hydrogen) atoms. The molecular weight excluding hydrogens is 384 g/mol. The molecule has 0 radical (unpaired) electrons. The van der Waals surface area contributed by atoms with Gasteiger partial charge in [0, 0.05) is 30.3 Å². The van der Waals surface area contributed by atoms with Crippen molar-refractivity contribution in [3.05, 3.63) is 28.5 Å². The van der Waals surface area contributed by atoms with Gasteiger partial charge >= 0.3 is 5.97 Å². The van der Waals surface area contributed by atoms with E-state index in [4.69, 9.17) is 9.47 Å². The number of esters is 1. The molecule has 0 amide bonds. The molecule has 3 rings (SSSR count). The minimum absolute atomic E-state index is 0.0592. The zero-order valence-corrected chi connectivity index (χ0v) is 16.8. The summed E-state index contributed by atoms with van der Waals surface area (Å²) in [5, 5.41) is 3.69. The lowest BCUT2D eigenvalue weighted by atomic mass is 9.84. The Balaban J connectivity index is 1.81. The second kappa shape index (κ2) is 6.97. The zero-order valence-electron chi connectivity index (χ0n) is 15.2. The van der Waals surface area contributed by atoms with Crippen LogP contribution in [0, 0.1) is 0 Å². The molecule has 2 heterocycles. The normalized spacial score (nSPS) is 25.4. The number of pyridine rings is 1. The van der Waals surface area contributed by atoms with Crippen LogP contribution in [0.1, 0.15) is 58.4 Å². The molecule has 1 aliphatic carbocycles. The molecule has 0 bridgehead atoms. The number of nitrogens with zero attached hydrogens (tertiary/aromatic N) is 1. The highest BCUT2D eigenvalue weighted by Gasteiger charge is 2.51. The summed E-state index contributed by atoms with van der Waals surface area (Å²) in [4.78, 5) is 16.6. The van der Waals surface area contributed by atoms with E-state index < -0.39 is 11.2 Å². The van der Waals surface area contributed by atoms with Crippen LogP contribution in [-0.2, 0) is 19.9 Å².